The fourth-order valence-electron chi connectivity index (χ4n) is 2.06. The Morgan fingerprint density at radius 1 is 1.33 bits per heavy atom. The van der Waals surface area contributed by atoms with Gasteiger partial charge in [0.15, 0.2) is 5.82 Å². The van der Waals surface area contributed by atoms with Crippen LogP contribution in [0, 0.1) is 5.92 Å². The minimum Gasteiger partial charge on any atom is -0.369 e. The second-order valence-corrected chi connectivity index (χ2v) is 6.36. The molecule has 5 nitrogen and oxygen atoms in total. The van der Waals surface area contributed by atoms with Crippen molar-refractivity contribution in [2.75, 3.05) is 11.9 Å². The first-order valence-corrected chi connectivity index (χ1v) is 8.09. The van der Waals surface area contributed by atoms with Crippen molar-refractivity contribution in [1.29, 1.82) is 0 Å². The molecule has 0 aliphatic carbocycles. The van der Waals surface area contributed by atoms with E-state index in [9.17, 15) is 0 Å². The lowest BCUT2D eigenvalue weighted by Gasteiger charge is -2.14. The molecule has 0 aliphatic heterocycles. The van der Waals surface area contributed by atoms with Gasteiger partial charge in [-0.05, 0) is 34.7 Å². The largest absolute Gasteiger partial charge is 0.369 e. The van der Waals surface area contributed by atoms with Gasteiger partial charge in [-0.2, -0.15) is 0 Å². The Hall–Kier alpha value is -1.43. The fourth-order valence-corrected chi connectivity index (χ4v) is 2.54. The molecule has 1 N–H and O–H groups in total. The molecule has 2 aromatic rings. The first-order chi connectivity index (χ1) is 10.0. The normalized spacial score (nSPS) is 11.1. The standard InChI is InChI=1S/C15H22BrN5/c1-5-6-18-15-13(16)11(7-10(2)3)19-14(20-15)12-8-17-9-21(12)4/h8-10H,5-7H2,1-4H3,(H,18,19,20). The molecule has 6 heteroatoms. The number of hydrogen-bond acceptors (Lipinski definition) is 4. The van der Waals surface area contributed by atoms with E-state index >= 15 is 0 Å². The summed E-state index contributed by atoms with van der Waals surface area (Å²) in [6.07, 6.45) is 5.53. The summed E-state index contributed by atoms with van der Waals surface area (Å²) >= 11 is 3.65. The number of aryl methyl sites for hydroxylation is 1. The Balaban J connectivity index is 2.47. The third-order valence-electron chi connectivity index (χ3n) is 3.11. The molecule has 114 valence electrons. The second-order valence-electron chi connectivity index (χ2n) is 5.57. The van der Waals surface area contributed by atoms with Crippen molar-refractivity contribution < 1.29 is 0 Å². The molecule has 0 unspecified atom stereocenters. The van der Waals surface area contributed by atoms with Crippen molar-refractivity contribution in [3.63, 3.8) is 0 Å². The first kappa shape index (κ1) is 15.9. The van der Waals surface area contributed by atoms with Gasteiger partial charge in [-0.15, -0.1) is 0 Å². The van der Waals surface area contributed by atoms with Gasteiger partial charge in [0.2, 0.25) is 0 Å². The number of anilines is 1. The smallest absolute Gasteiger partial charge is 0.180 e. The molecule has 0 amide bonds. The van der Waals surface area contributed by atoms with E-state index < -0.39 is 0 Å². The van der Waals surface area contributed by atoms with Crippen molar-refractivity contribution >= 4 is 21.7 Å². The quantitative estimate of drug-likeness (QED) is 0.862. The van der Waals surface area contributed by atoms with Gasteiger partial charge in [0.25, 0.3) is 0 Å². The van der Waals surface area contributed by atoms with E-state index in [-0.39, 0.29) is 0 Å². The number of rotatable bonds is 6. The van der Waals surface area contributed by atoms with Crippen molar-refractivity contribution in [3.8, 4) is 11.5 Å². The van der Waals surface area contributed by atoms with E-state index in [0.717, 1.165) is 41.1 Å². The van der Waals surface area contributed by atoms with E-state index in [1.807, 2.05) is 11.6 Å². The zero-order valence-corrected chi connectivity index (χ0v) is 14.6. The molecule has 0 spiro atoms. The average Bonchev–Trinajstić information content (AvgIpc) is 2.85. The number of aromatic nitrogens is 4. The molecule has 0 saturated carbocycles. The van der Waals surface area contributed by atoms with Crippen molar-refractivity contribution in [3.05, 3.63) is 22.7 Å². The maximum absolute atomic E-state index is 4.73. The van der Waals surface area contributed by atoms with Gasteiger partial charge >= 0.3 is 0 Å². The Morgan fingerprint density at radius 2 is 2.10 bits per heavy atom. The van der Waals surface area contributed by atoms with Gasteiger partial charge in [0.1, 0.15) is 11.5 Å². The monoisotopic (exact) mass is 351 g/mol. The Kier molecular flexibility index (Phi) is 5.33. The summed E-state index contributed by atoms with van der Waals surface area (Å²) in [6.45, 7) is 7.41. The number of halogens is 1. The minimum absolute atomic E-state index is 0.537. The van der Waals surface area contributed by atoms with Crippen LogP contribution in [0.5, 0.6) is 0 Å². The van der Waals surface area contributed by atoms with Gasteiger partial charge in [-0.1, -0.05) is 20.8 Å². The molecular weight excluding hydrogens is 330 g/mol. The van der Waals surface area contributed by atoms with Crippen LogP contribution in [0.1, 0.15) is 32.9 Å². The van der Waals surface area contributed by atoms with E-state index in [0.29, 0.717) is 11.7 Å². The van der Waals surface area contributed by atoms with Crippen LogP contribution in [-0.4, -0.2) is 26.1 Å². The SMILES string of the molecule is CCCNc1nc(-c2cncn2C)nc(CC(C)C)c1Br. The molecule has 0 radical (unpaired) electrons. The van der Waals surface area contributed by atoms with Gasteiger partial charge in [0, 0.05) is 13.6 Å². The molecule has 0 saturated heterocycles. The lowest BCUT2D eigenvalue weighted by atomic mass is 10.1. The first-order valence-electron chi connectivity index (χ1n) is 7.29. The lowest BCUT2D eigenvalue weighted by Crippen LogP contribution is -2.09. The molecule has 0 aliphatic rings. The van der Waals surface area contributed by atoms with Gasteiger partial charge < -0.3 is 9.88 Å². The predicted octanol–water partition coefficient (Wildman–Crippen LogP) is 3.66. The van der Waals surface area contributed by atoms with Crippen molar-refractivity contribution in [1.82, 2.24) is 19.5 Å². The maximum atomic E-state index is 4.73. The van der Waals surface area contributed by atoms with Gasteiger partial charge in [0.05, 0.1) is 22.7 Å². The van der Waals surface area contributed by atoms with Crippen LogP contribution in [0.4, 0.5) is 5.82 Å². The molecule has 21 heavy (non-hydrogen) atoms. The summed E-state index contributed by atoms with van der Waals surface area (Å²) in [5, 5.41) is 3.37. The van der Waals surface area contributed by atoms with Crippen LogP contribution < -0.4 is 5.32 Å². The van der Waals surface area contributed by atoms with Crippen LogP contribution >= 0.6 is 15.9 Å². The van der Waals surface area contributed by atoms with Crippen LogP contribution in [0.2, 0.25) is 0 Å². The molecule has 0 aromatic carbocycles. The second kappa shape index (κ2) is 7.02. The van der Waals surface area contributed by atoms with Crippen LogP contribution in [-0.2, 0) is 13.5 Å². The third-order valence-corrected chi connectivity index (χ3v) is 3.94. The molecule has 2 aromatic heterocycles. The summed E-state index contributed by atoms with van der Waals surface area (Å²) in [5.41, 5.74) is 1.96. The van der Waals surface area contributed by atoms with Crippen LogP contribution in [0.15, 0.2) is 17.0 Å². The average molecular weight is 352 g/mol. The fraction of sp³-hybridized carbons (Fsp3) is 0.533. The van der Waals surface area contributed by atoms with Crippen molar-refractivity contribution in [2.24, 2.45) is 13.0 Å². The summed E-state index contributed by atoms with van der Waals surface area (Å²) < 4.78 is 2.90. The summed E-state index contributed by atoms with van der Waals surface area (Å²) in [4.78, 5) is 13.5. The molecule has 2 heterocycles. The minimum atomic E-state index is 0.537. The zero-order valence-electron chi connectivity index (χ0n) is 13.0. The third kappa shape index (κ3) is 3.81. The van der Waals surface area contributed by atoms with Crippen LogP contribution in [0.25, 0.3) is 11.5 Å². The Labute approximate surface area is 134 Å². The van der Waals surface area contributed by atoms with E-state index in [1.54, 1.807) is 12.5 Å². The highest BCUT2D eigenvalue weighted by Crippen LogP contribution is 2.28. The number of nitrogens with one attached hydrogen (secondary N) is 1. The highest BCUT2D eigenvalue weighted by atomic mass is 79.9. The predicted molar refractivity (Wildman–Crippen MR) is 89.3 cm³/mol. The zero-order chi connectivity index (χ0) is 15.4. The molecular formula is C15H22BrN5. The molecule has 0 fully saturated rings. The van der Waals surface area contributed by atoms with Gasteiger partial charge in [-0.25, -0.2) is 15.0 Å². The van der Waals surface area contributed by atoms with E-state index in [4.69, 9.17) is 4.98 Å². The highest BCUT2D eigenvalue weighted by molar-refractivity contribution is 9.10. The Bertz CT molecular complexity index is 606. The maximum Gasteiger partial charge on any atom is 0.180 e. The Morgan fingerprint density at radius 3 is 2.67 bits per heavy atom. The molecule has 0 bridgehead atoms. The molecule has 0 atom stereocenters. The number of nitrogens with zero attached hydrogens (tertiary/aromatic N) is 4. The lowest BCUT2D eigenvalue weighted by molar-refractivity contribution is 0.632. The summed E-state index contributed by atoms with van der Waals surface area (Å²) in [6, 6.07) is 0. The summed E-state index contributed by atoms with van der Waals surface area (Å²) in [5.74, 6) is 2.11. The summed E-state index contributed by atoms with van der Waals surface area (Å²) in [7, 11) is 1.95. The number of imidazole rings is 1. The topological polar surface area (TPSA) is 55.6 Å². The molecule has 2 rings (SSSR count). The van der Waals surface area contributed by atoms with Gasteiger partial charge in [-0.3, -0.25) is 0 Å². The van der Waals surface area contributed by atoms with E-state index in [2.05, 4.69) is 52.0 Å². The van der Waals surface area contributed by atoms with Crippen LogP contribution in [0.3, 0.4) is 0 Å². The van der Waals surface area contributed by atoms with E-state index in [1.165, 1.54) is 0 Å². The number of hydrogen-bond donors (Lipinski definition) is 1. The highest BCUT2D eigenvalue weighted by Gasteiger charge is 2.15. The van der Waals surface area contributed by atoms with Crippen molar-refractivity contribution in [2.45, 2.75) is 33.6 Å².